The lowest BCUT2D eigenvalue weighted by molar-refractivity contribution is -0.142. The van der Waals surface area contributed by atoms with Crippen LogP contribution in [0.2, 0.25) is 0 Å². The molecule has 1 atom stereocenters. The second-order valence-corrected chi connectivity index (χ2v) is 7.57. The molecule has 4 rings (SSSR count). The third-order valence-electron chi connectivity index (χ3n) is 5.44. The third kappa shape index (κ3) is 4.47. The maximum atomic E-state index is 13.3. The summed E-state index contributed by atoms with van der Waals surface area (Å²) in [7, 11) is 1.32. The van der Waals surface area contributed by atoms with Crippen LogP contribution < -0.4 is 11.1 Å². The van der Waals surface area contributed by atoms with Crippen LogP contribution in [0.4, 0.5) is 5.69 Å². The Morgan fingerprint density at radius 1 is 0.875 bits per heavy atom. The molecule has 0 aliphatic carbocycles. The first kappa shape index (κ1) is 21.1. The number of ether oxygens (including phenoxy) is 1. The van der Waals surface area contributed by atoms with Gasteiger partial charge in [0.05, 0.1) is 7.11 Å². The highest BCUT2D eigenvalue weighted by Crippen LogP contribution is 2.32. The van der Waals surface area contributed by atoms with E-state index in [1.807, 2.05) is 72.8 Å². The van der Waals surface area contributed by atoms with Crippen LogP contribution in [0.5, 0.6) is 0 Å². The monoisotopic (exact) mass is 424 g/mol. The summed E-state index contributed by atoms with van der Waals surface area (Å²) in [6.07, 6.45) is 0.331. The van der Waals surface area contributed by atoms with Crippen LogP contribution in [-0.2, 0) is 16.0 Å². The molecule has 0 saturated heterocycles. The van der Waals surface area contributed by atoms with Crippen LogP contribution in [-0.4, -0.2) is 25.0 Å². The molecule has 0 heterocycles. The van der Waals surface area contributed by atoms with E-state index >= 15 is 0 Å². The van der Waals surface area contributed by atoms with Crippen LogP contribution in [0.25, 0.3) is 21.9 Å². The van der Waals surface area contributed by atoms with Gasteiger partial charge < -0.3 is 15.8 Å². The molecule has 3 N–H and O–H groups in total. The number of hydrogen-bond acceptors (Lipinski definition) is 4. The molecule has 0 aliphatic rings. The summed E-state index contributed by atoms with van der Waals surface area (Å²) in [6, 6.07) is 27.8. The highest BCUT2D eigenvalue weighted by Gasteiger charge is 2.24. The van der Waals surface area contributed by atoms with Gasteiger partial charge in [-0.15, -0.1) is 0 Å². The number of hydrogen-bond donors (Lipinski definition) is 2. The molecule has 0 aliphatic heterocycles. The average Bonchev–Trinajstić information content (AvgIpc) is 2.83. The highest BCUT2D eigenvalue weighted by atomic mass is 16.5. The maximum absolute atomic E-state index is 13.3. The molecule has 0 radical (unpaired) electrons. The first-order valence-electron chi connectivity index (χ1n) is 10.4. The van der Waals surface area contributed by atoms with Gasteiger partial charge in [-0.05, 0) is 45.7 Å². The van der Waals surface area contributed by atoms with Crippen molar-refractivity contribution in [3.05, 3.63) is 102 Å². The van der Waals surface area contributed by atoms with Crippen molar-refractivity contribution in [1.29, 1.82) is 0 Å². The maximum Gasteiger partial charge on any atom is 0.328 e. The minimum absolute atomic E-state index is 0.331. The van der Waals surface area contributed by atoms with Gasteiger partial charge >= 0.3 is 5.97 Å². The van der Waals surface area contributed by atoms with Crippen LogP contribution in [0.1, 0.15) is 15.9 Å². The van der Waals surface area contributed by atoms with E-state index in [2.05, 4.69) is 5.32 Å². The van der Waals surface area contributed by atoms with E-state index in [0.717, 1.165) is 21.9 Å². The molecule has 0 saturated carbocycles. The summed E-state index contributed by atoms with van der Waals surface area (Å²) in [5, 5.41) is 4.94. The van der Waals surface area contributed by atoms with Crippen molar-refractivity contribution >= 4 is 28.3 Å². The number of esters is 1. The van der Waals surface area contributed by atoms with Crippen molar-refractivity contribution in [3.8, 4) is 11.1 Å². The fourth-order valence-electron chi connectivity index (χ4n) is 3.86. The van der Waals surface area contributed by atoms with Crippen molar-refractivity contribution < 1.29 is 14.3 Å². The number of anilines is 1. The van der Waals surface area contributed by atoms with Gasteiger partial charge in [-0.1, -0.05) is 72.8 Å². The molecule has 4 aromatic carbocycles. The van der Waals surface area contributed by atoms with Crippen molar-refractivity contribution in [1.82, 2.24) is 5.32 Å². The number of nitrogen functional groups attached to an aromatic ring is 1. The molecule has 5 nitrogen and oxygen atoms in total. The van der Waals surface area contributed by atoms with Gasteiger partial charge in [0.2, 0.25) is 0 Å². The molecular weight excluding hydrogens is 400 g/mol. The van der Waals surface area contributed by atoms with E-state index in [4.69, 9.17) is 10.5 Å². The van der Waals surface area contributed by atoms with Gasteiger partial charge in [-0.3, -0.25) is 4.79 Å². The fraction of sp³-hybridized carbons (Fsp3) is 0.111. The predicted molar refractivity (Wildman–Crippen MR) is 127 cm³/mol. The quantitative estimate of drug-likeness (QED) is 0.350. The minimum Gasteiger partial charge on any atom is -0.467 e. The van der Waals surface area contributed by atoms with Crippen molar-refractivity contribution in [2.75, 3.05) is 12.8 Å². The first-order valence-corrected chi connectivity index (χ1v) is 10.4. The van der Waals surface area contributed by atoms with E-state index in [0.29, 0.717) is 23.2 Å². The van der Waals surface area contributed by atoms with Crippen molar-refractivity contribution in [2.45, 2.75) is 12.5 Å². The molecule has 0 bridgehead atoms. The predicted octanol–water partition coefficient (Wildman–Crippen LogP) is 4.60. The number of rotatable bonds is 6. The number of fused-ring (bicyclic) bond motifs is 1. The summed E-state index contributed by atoms with van der Waals surface area (Å²) in [5.74, 6) is -0.858. The Kier molecular flexibility index (Phi) is 6.17. The van der Waals surface area contributed by atoms with Crippen molar-refractivity contribution in [3.63, 3.8) is 0 Å². The molecule has 160 valence electrons. The van der Waals surface area contributed by atoms with Gasteiger partial charge in [0.1, 0.15) is 6.04 Å². The summed E-state index contributed by atoms with van der Waals surface area (Å²) in [5.41, 5.74) is 9.61. The van der Waals surface area contributed by atoms with Crippen LogP contribution in [0, 0.1) is 0 Å². The molecule has 1 amide bonds. The largest absolute Gasteiger partial charge is 0.467 e. The Labute approximate surface area is 186 Å². The zero-order valence-electron chi connectivity index (χ0n) is 17.7. The van der Waals surface area contributed by atoms with E-state index < -0.39 is 12.0 Å². The number of carbonyl (C=O) groups is 2. The van der Waals surface area contributed by atoms with Gasteiger partial charge in [0, 0.05) is 17.7 Å². The lowest BCUT2D eigenvalue weighted by Gasteiger charge is -2.19. The molecule has 0 spiro atoms. The van der Waals surface area contributed by atoms with Crippen LogP contribution in [0.3, 0.4) is 0 Å². The lowest BCUT2D eigenvalue weighted by atomic mass is 9.93. The summed E-state index contributed by atoms with van der Waals surface area (Å²) >= 11 is 0. The Bertz CT molecular complexity index is 1260. The number of carbonyl (C=O) groups excluding carboxylic acids is 2. The lowest BCUT2D eigenvalue weighted by Crippen LogP contribution is -2.43. The smallest absolute Gasteiger partial charge is 0.328 e. The van der Waals surface area contributed by atoms with Gasteiger partial charge in [0.15, 0.2) is 0 Å². The number of amides is 1. The second kappa shape index (κ2) is 9.35. The summed E-state index contributed by atoms with van der Waals surface area (Å²) < 4.78 is 4.94. The molecule has 0 aromatic heterocycles. The zero-order chi connectivity index (χ0) is 22.5. The number of nitrogens with two attached hydrogens (primary N) is 1. The highest BCUT2D eigenvalue weighted by molar-refractivity contribution is 6.07. The van der Waals surface area contributed by atoms with E-state index in [-0.39, 0.29) is 5.91 Å². The normalized spacial score (nSPS) is 11.7. The summed E-state index contributed by atoms with van der Waals surface area (Å²) in [4.78, 5) is 25.8. The van der Waals surface area contributed by atoms with E-state index in [1.165, 1.54) is 7.11 Å². The van der Waals surface area contributed by atoms with Crippen LogP contribution in [0.15, 0.2) is 91.0 Å². The minimum atomic E-state index is -0.812. The van der Waals surface area contributed by atoms with E-state index in [1.54, 1.807) is 18.2 Å². The van der Waals surface area contributed by atoms with Crippen LogP contribution >= 0.6 is 0 Å². The molecular formula is C27H24N2O3. The Balaban J connectivity index is 1.71. The molecule has 4 aromatic rings. The Morgan fingerprint density at radius 2 is 1.59 bits per heavy atom. The topological polar surface area (TPSA) is 81.4 Å². The molecule has 0 unspecified atom stereocenters. The van der Waals surface area contributed by atoms with Gasteiger partial charge in [-0.25, -0.2) is 4.79 Å². The number of benzene rings is 4. The van der Waals surface area contributed by atoms with E-state index in [9.17, 15) is 9.59 Å². The first-order chi connectivity index (χ1) is 15.6. The average molecular weight is 425 g/mol. The van der Waals surface area contributed by atoms with Crippen molar-refractivity contribution in [2.24, 2.45) is 0 Å². The molecule has 0 fully saturated rings. The fourth-order valence-corrected chi connectivity index (χ4v) is 3.86. The second-order valence-electron chi connectivity index (χ2n) is 7.57. The third-order valence-corrected chi connectivity index (χ3v) is 5.44. The zero-order valence-corrected chi connectivity index (χ0v) is 17.7. The standard InChI is InChI=1S/C27H24N2O3/c1-32-27(31)25(16-18-8-3-2-4-9-18)29-26(30)23-15-14-20(28)17-24(23)22-13-7-11-19-10-5-6-12-21(19)22/h2-15,17,25H,16,28H2,1H3,(H,29,30)/t25-/m0/s1. The molecule has 32 heavy (non-hydrogen) atoms. The number of nitrogens with one attached hydrogen (secondary N) is 1. The molecule has 5 heteroatoms. The SMILES string of the molecule is COC(=O)[C@H](Cc1ccccc1)NC(=O)c1ccc(N)cc1-c1cccc2ccccc12. The Hall–Kier alpha value is -4.12. The Morgan fingerprint density at radius 3 is 2.38 bits per heavy atom. The summed E-state index contributed by atoms with van der Waals surface area (Å²) in [6.45, 7) is 0. The van der Waals surface area contributed by atoms with Gasteiger partial charge in [0.25, 0.3) is 5.91 Å². The van der Waals surface area contributed by atoms with Gasteiger partial charge in [-0.2, -0.15) is 0 Å². The number of methoxy groups -OCH3 is 1.